The van der Waals surface area contributed by atoms with Crippen LogP contribution in [-0.2, 0) is 6.18 Å². The van der Waals surface area contributed by atoms with E-state index in [9.17, 15) is 23.1 Å². The van der Waals surface area contributed by atoms with Crippen LogP contribution in [0.2, 0.25) is 0 Å². The van der Waals surface area contributed by atoms with Crippen molar-refractivity contribution in [3.63, 3.8) is 0 Å². The molecule has 0 aromatic heterocycles. The average molecular weight is 342 g/mol. The van der Waals surface area contributed by atoms with E-state index in [0.29, 0.717) is 0 Å². The normalized spacial score (nSPS) is 13.4. The topological polar surface area (TPSA) is 61.4 Å². The van der Waals surface area contributed by atoms with E-state index in [0.717, 1.165) is 18.6 Å². The first-order valence-electron chi connectivity index (χ1n) is 7.60. The third-order valence-electron chi connectivity index (χ3n) is 3.53. The van der Waals surface area contributed by atoms with Gasteiger partial charge in [-0.15, -0.1) is 0 Å². The van der Waals surface area contributed by atoms with E-state index in [-0.39, 0.29) is 24.6 Å². The first kappa shape index (κ1) is 19.8. The molecule has 1 rings (SSSR count). The molecule has 0 radical (unpaired) electrons. The van der Waals surface area contributed by atoms with Crippen molar-refractivity contribution in [2.45, 2.75) is 32.5 Å². The molecule has 4 nitrogen and oxygen atoms in total. The summed E-state index contributed by atoms with van der Waals surface area (Å²) in [6.07, 6.45) is -4.24. The molecule has 2 unspecified atom stereocenters. The van der Waals surface area contributed by atoms with Gasteiger partial charge in [-0.3, -0.25) is 0 Å². The van der Waals surface area contributed by atoms with Gasteiger partial charge in [0.1, 0.15) is 0 Å². The molecular formula is C17H21F3N2O2. The van der Waals surface area contributed by atoms with Crippen LogP contribution in [0.15, 0.2) is 24.3 Å². The summed E-state index contributed by atoms with van der Waals surface area (Å²) in [5.74, 6) is 5.22. The third kappa shape index (κ3) is 6.92. The van der Waals surface area contributed by atoms with Gasteiger partial charge in [-0.1, -0.05) is 38.2 Å². The number of aliphatic hydroxyl groups excluding tert-OH is 1. The molecule has 0 aliphatic carbocycles. The number of amides is 2. The Labute approximate surface area is 139 Å². The summed E-state index contributed by atoms with van der Waals surface area (Å²) in [4.78, 5) is 11.5. The third-order valence-corrected chi connectivity index (χ3v) is 3.53. The van der Waals surface area contributed by atoms with Gasteiger partial charge in [-0.2, -0.15) is 13.2 Å². The largest absolute Gasteiger partial charge is 0.416 e. The monoisotopic (exact) mass is 342 g/mol. The van der Waals surface area contributed by atoms with Gasteiger partial charge in [0.2, 0.25) is 0 Å². The van der Waals surface area contributed by atoms with Gasteiger partial charge in [0.05, 0.1) is 18.2 Å². The van der Waals surface area contributed by atoms with Gasteiger partial charge in [0.15, 0.2) is 0 Å². The van der Waals surface area contributed by atoms with Crippen LogP contribution in [0.25, 0.3) is 0 Å². The number of rotatable bonds is 5. The van der Waals surface area contributed by atoms with Crippen LogP contribution in [0.3, 0.4) is 0 Å². The molecule has 0 saturated heterocycles. The highest BCUT2D eigenvalue weighted by atomic mass is 19.4. The number of hydrogen-bond acceptors (Lipinski definition) is 2. The zero-order valence-corrected chi connectivity index (χ0v) is 13.6. The van der Waals surface area contributed by atoms with Crippen LogP contribution in [0.5, 0.6) is 0 Å². The molecule has 3 N–H and O–H groups in total. The lowest BCUT2D eigenvalue weighted by Gasteiger charge is -2.17. The smallest absolute Gasteiger partial charge is 0.391 e. The predicted molar refractivity (Wildman–Crippen MR) is 85.2 cm³/mol. The van der Waals surface area contributed by atoms with Gasteiger partial charge in [0.25, 0.3) is 0 Å². The van der Waals surface area contributed by atoms with Crippen LogP contribution in [-0.4, -0.2) is 30.3 Å². The fraction of sp³-hybridized carbons (Fsp3) is 0.471. The first-order chi connectivity index (χ1) is 11.2. The second-order valence-corrected chi connectivity index (χ2v) is 5.40. The molecule has 0 aliphatic rings. The van der Waals surface area contributed by atoms with Gasteiger partial charge in [0, 0.05) is 12.1 Å². The molecule has 0 aliphatic heterocycles. The molecule has 0 heterocycles. The number of halogens is 3. The number of carbonyl (C=O) groups excluding carboxylic acids is 1. The SMILES string of the molecule is CCC(C)C(O)CNC(=O)NCC#Cc1cccc(C(F)(F)F)c1. The van der Waals surface area contributed by atoms with Crippen molar-refractivity contribution in [2.75, 3.05) is 13.1 Å². The number of nitrogens with one attached hydrogen (secondary N) is 2. The maximum absolute atomic E-state index is 12.6. The molecule has 24 heavy (non-hydrogen) atoms. The van der Waals surface area contributed by atoms with Crippen molar-refractivity contribution in [1.82, 2.24) is 10.6 Å². The Morgan fingerprint density at radius 1 is 1.33 bits per heavy atom. The van der Waals surface area contributed by atoms with Gasteiger partial charge >= 0.3 is 12.2 Å². The molecule has 2 atom stereocenters. The Bertz CT molecular complexity index is 606. The molecule has 7 heteroatoms. The number of urea groups is 1. The summed E-state index contributed by atoms with van der Waals surface area (Å²) in [5, 5.41) is 14.7. The van der Waals surface area contributed by atoms with E-state index in [2.05, 4.69) is 22.5 Å². The highest BCUT2D eigenvalue weighted by Crippen LogP contribution is 2.29. The van der Waals surface area contributed by atoms with E-state index in [1.165, 1.54) is 12.1 Å². The van der Waals surface area contributed by atoms with E-state index < -0.39 is 23.9 Å². The molecule has 2 amide bonds. The first-order valence-corrected chi connectivity index (χ1v) is 7.60. The second kappa shape index (κ2) is 9.18. The number of hydrogen-bond donors (Lipinski definition) is 3. The molecule has 0 bridgehead atoms. The fourth-order valence-corrected chi connectivity index (χ4v) is 1.78. The average Bonchev–Trinajstić information content (AvgIpc) is 2.55. The maximum Gasteiger partial charge on any atom is 0.416 e. The Hall–Kier alpha value is -2.20. The molecule has 0 saturated carbocycles. The lowest BCUT2D eigenvalue weighted by Crippen LogP contribution is -2.41. The van der Waals surface area contributed by atoms with E-state index in [4.69, 9.17) is 0 Å². The van der Waals surface area contributed by atoms with Crippen molar-refractivity contribution in [3.05, 3.63) is 35.4 Å². The molecule has 0 spiro atoms. The van der Waals surface area contributed by atoms with E-state index >= 15 is 0 Å². The van der Waals surface area contributed by atoms with E-state index in [1.807, 2.05) is 13.8 Å². The van der Waals surface area contributed by atoms with Crippen LogP contribution in [0.1, 0.15) is 31.4 Å². The van der Waals surface area contributed by atoms with Gasteiger partial charge in [-0.05, 0) is 24.1 Å². The lowest BCUT2D eigenvalue weighted by atomic mass is 10.0. The van der Waals surface area contributed by atoms with Gasteiger partial charge < -0.3 is 15.7 Å². The highest BCUT2D eigenvalue weighted by Gasteiger charge is 2.30. The summed E-state index contributed by atoms with van der Waals surface area (Å²) in [7, 11) is 0. The van der Waals surface area contributed by atoms with Crippen LogP contribution in [0.4, 0.5) is 18.0 Å². The Morgan fingerprint density at radius 2 is 2.04 bits per heavy atom. The van der Waals surface area contributed by atoms with Crippen LogP contribution >= 0.6 is 0 Å². The standard InChI is InChI=1S/C17H21F3N2O2/c1-3-12(2)15(23)11-22-16(24)21-9-5-7-13-6-4-8-14(10-13)17(18,19)20/h4,6,8,10,12,15,23H,3,9,11H2,1-2H3,(H2,21,22,24). The molecule has 1 aromatic rings. The summed E-state index contributed by atoms with van der Waals surface area (Å²) in [6.45, 7) is 3.94. The van der Waals surface area contributed by atoms with Crippen molar-refractivity contribution in [1.29, 1.82) is 0 Å². The number of alkyl halides is 3. The summed E-state index contributed by atoms with van der Waals surface area (Å²) < 4.78 is 37.7. The molecule has 132 valence electrons. The minimum absolute atomic E-state index is 0.0124. The second-order valence-electron chi connectivity index (χ2n) is 5.40. The summed E-state index contributed by atoms with van der Waals surface area (Å²) in [6, 6.07) is 4.18. The molecule has 1 aromatic carbocycles. The van der Waals surface area contributed by atoms with Crippen LogP contribution in [0, 0.1) is 17.8 Å². The minimum Gasteiger partial charge on any atom is -0.391 e. The quantitative estimate of drug-likeness (QED) is 0.721. The maximum atomic E-state index is 12.6. The number of benzene rings is 1. The lowest BCUT2D eigenvalue weighted by molar-refractivity contribution is -0.137. The zero-order chi connectivity index (χ0) is 18.2. The summed E-state index contributed by atoms with van der Waals surface area (Å²) >= 11 is 0. The molecule has 0 fully saturated rings. The number of carbonyl (C=O) groups is 1. The Balaban J connectivity index is 2.43. The van der Waals surface area contributed by atoms with Gasteiger partial charge in [-0.25, -0.2) is 4.79 Å². The Kier molecular flexibility index (Phi) is 7.59. The van der Waals surface area contributed by atoms with Crippen LogP contribution < -0.4 is 10.6 Å². The fourth-order valence-electron chi connectivity index (χ4n) is 1.78. The molecular weight excluding hydrogens is 321 g/mol. The van der Waals surface area contributed by atoms with E-state index in [1.54, 1.807) is 0 Å². The van der Waals surface area contributed by atoms with Crippen molar-refractivity contribution in [3.8, 4) is 11.8 Å². The highest BCUT2D eigenvalue weighted by molar-refractivity contribution is 5.74. The Morgan fingerprint density at radius 3 is 2.67 bits per heavy atom. The zero-order valence-electron chi connectivity index (χ0n) is 13.6. The number of aliphatic hydroxyl groups is 1. The predicted octanol–water partition coefficient (Wildman–Crippen LogP) is 2.76. The minimum atomic E-state index is -4.41. The van der Waals surface area contributed by atoms with Crippen molar-refractivity contribution < 1.29 is 23.1 Å². The van der Waals surface area contributed by atoms with Crippen molar-refractivity contribution >= 4 is 6.03 Å². The van der Waals surface area contributed by atoms with Crippen molar-refractivity contribution in [2.24, 2.45) is 5.92 Å². The summed E-state index contributed by atoms with van der Waals surface area (Å²) in [5.41, 5.74) is -0.543.